The molecule has 0 amide bonds. The van der Waals surface area contributed by atoms with Crippen LogP contribution >= 0.6 is 11.3 Å². The zero-order chi connectivity index (χ0) is 14.1. The number of hydrogen-bond donors (Lipinski definition) is 2. The molecule has 102 valence electrons. The van der Waals surface area contributed by atoms with E-state index in [0.29, 0.717) is 0 Å². The molecular weight excluding hydrogens is 266 g/mol. The number of anilines is 2. The Morgan fingerprint density at radius 3 is 2.85 bits per heavy atom. The minimum Gasteiger partial charge on any atom is -0.399 e. The predicted octanol–water partition coefficient (Wildman–Crippen LogP) is 4.36. The van der Waals surface area contributed by atoms with Crippen LogP contribution in [0.4, 0.5) is 11.4 Å². The van der Waals surface area contributed by atoms with Gasteiger partial charge in [0.25, 0.3) is 0 Å². The highest BCUT2D eigenvalue weighted by Gasteiger charge is 2.10. The lowest BCUT2D eigenvalue weighted by molar-refractivity contribution is 0.909. The van der Waals surface area contributed by atoms with Gasteiger partial charge in [-0.1, -0.05) is 6.07 Å². The van der Waals surface area contributed by atoms with Gasteiger partial charge in [-0.05, 0) is 49.6 Å². The second-order valence-corrected chi connectivity index (χ2v) is 5.95. The first kappa shape index (κ1) is 12.9. The summed E-state index contributed by atoms with van der Waals surface area (Å²) in [6, 6.07) is 12.4. The van der Waals surface area contributed by atoms with E-state index in [2.05, 4.69) is 40.8 Å². The lowest BCUT2D eigenvalue weighted by Crippen LogP contribution is -2.06. The lowest BCUT2D eigenvalue weighted by Gasteiger charge is -2.16. The highest BCUT2D eigenvalue weighted by Crippen LogP contribution is 2.29. The number of aromatic nitrogens is 1. The zero-order valence-corrected chi connectivity index (χ0v) is 12.4. The molecule has 0 aliphatic heterocycles. The monoisotopic (exact) mass is 283 g/mol. The average molecular weight is 283 g/mol. The first-order valence-electron chi connectivity index (χ1n) is 6.60. The molecule has 0 aliphatic carbocycles. The molecule has 3 N–H and O–H groups in total. The van der Waals surface area contributed by atoms with Gasteiger partial charge in [0.1, 0.15) is 0 Å². The first-order valence-corrected chi connectivity index (χ1v) is 7.48. The van der Waals surface area contributed by atoms with Gasteiger partial charge in [0.15, 0.2) is 0 Å². The minimum absolute atomic E-state index is 0.265. The van der Waals surface area contributed by atoms with E-state index in [1.54, 1.807) is 11.3 Å². The van der Waals surface area contributed by atoms with Gasteiger partial charge in [-0.25, -0.2) is 0 Å². The van der Waals surface area contributed by atoms with Crippen molar-refractivity contribution in [1.29, 1.82) is 0 Å². The molecular formula is C16H17N3S. The van der Waals surface area contributed by atoms with Gasteiger partial charge in [0.05, 0.1) is 11.6 Å². The van der Waals surface area contributed by atoms with Crippen LogP contribution in [0, 0.1) is 6.92 Å². The number of aryl methyl sites for hydroxylation is 1. The summed E-state index contributed by atoms with van der Waals surface area (Å²) >= 11 is 1.76. The molecule has 1 unspecified atom stereocenters. The highest BCUT2D eigenvalue weighted by atomic mass is 32.1. The number of pyridine rings is 1. The van der Waals surface area contributed by atoms with Gasteiger partial charge >= 0.3 is 0 Å². The van der Waals surface area contributed by atoms with E-state index in [4.69, 9.17) is 5.73 Å². The molecule has 0 aliphatic rings. The Labute approximate surface area is 122 Å². The fraction of sp³-hybridized carbons (Fsp3) is 0.188. The summed E-state index contributed by atoms with van der Waals surface area (Å²) in [5, 5.41) is 6.74. The molecule has 1 aromatic carbocycles. The molecule has 0 bridgehead atoms. The van der Waals surface area contributed by atoms with Crippen LogP contribution in [0.5, 0.6) is 0 Å². The summed E-state index contributed by atoms with van der Waals surface area (Å²) in [7, 11) is 0. The van der Waals surface area contributed by atoms with Gasteiger partial charge in [0.2, 0.25) is 0 Å². The van der Waals surface area contributed by atoms with Crippen LogP contribution in [-0.4, -0.2) is 4.98 Å². The average Bonchev–Trinajstić information content (AvgIpc) is 2.93. The molecule has 4 heteroatoms. The fourth-order valence-corrected chi connectivity index (χ4v) is 3.07. The summed E-state index contributed by atoms with van der Waals surface area (Å²) < 4.78 is 0. The summed E-state index contributed by atoms with van der Waals surface area (Å²) in [6.07, 6.45) is 0. The van der Waals surface area contributed by atoms with Crippen molar-refractivity contribution in [1.82, 2.24) is 4.98 Å². The number of nitrogens with two attached hydrogens (primary N) is 1. The SMILES string of the molecule is Cc1cc(NC(C)c2cccs2)c2cc(N)ccc2n1. The number of nitrogens with one attached hydrogen (secondary N) is 1. The Morgan fingerprint density at radius 2 is 2.10 bits per heavy atom. The van der Waals surface area contributed by atoms with Gasteiger partial charge in [-0.3, -0.25) is 4.98 Å². The van der Waals surface area contributed by atoms with Crippen molar-refractivity contribution in [2.45, 2.75) is 19.9 Å². The molecule has 1 atom stereocenters. The minimum atomic E-state index is 0.265. The van der Waals surface area contributed by atoms with E-state index in [1.807, 2.05) is 25.1 Å². The molecule has 0 radical (unpaired) electrons. The molecule has 20 heavy (non-hydrogen) atoms. The van der Waals surface area contributed by atoms with E-state index in [0.717, 1.165) is 28.0 Å². The number of hydrogen-bond acceptors (Lipinski definition) is 4. The number of thiophene rings is 1. The van der Waals surface area contributed by atoms with Gasteiger partial charge < -0.3 is 11.1 Å². The second kappa shape index (κ2) is 5.13. The van der Waals surface area contributed by atoms with Crippen LogP contribution in [-0.2, 0) is 0 Å². The number of nitrogens with zero attached hydrogens (tertiary/aromatic N) is 1. The van der Waals surface area contributed by atoms with E-state index in [1.165, 1.54) is 4.88 Å². The zero-order valence-electron chi connectivity index (χ0n) is 11.6. The van der Waals surface area contributed by atoms with Crippen LogP contribution in [0.2, 0.25) is 0 Å². The third-order valence-electron chi connectivity index (χ3n) is 3.30. The number of rotatable bonds is 3. The summed E-state index contributed by atoms with van der Waals surface area (Å²) in [4.78, 5) is 5.87. The first-order chi connectivity index (χ1) is 9.63. The predicted molar refractivity (Wildman–Crippen MR) is 87.2 cm³/mol. The van der Waals surface area contributed by atoms with E-state index in [-0.39, 0.29) is 6.04 Å². The number of benzene rings is 1. The van der Waals surface area contributed by atoms with Crippen molar-refractivity contribution in [3.63, 3.8) is 0 Å². The van der Waals surface area contributed by atoms with Gasteiger partial charge in [0, 0.05) is 27.3 Å². The Bertz CT molecular complexity index is 735. The van der Waals surface area contributed by atoms with Crippen molar-refractivity contribution < 1.29 is 0 Å². The second-order valence-electron chi connectivity index (χ2n) is 4.97. The lowest BCUT2D eigenvalue weighted by atomic mass is 10.1. The van der Waals surface area contributed by atoms with Crippen molar-refractivity contribution in [2.24, 2.45) is 0 Å². The fourth-order valence-electron chi connectivity index (χ4n) is 2.34. The Kier molecular flexibility index (Phi) is 3.32. The molecule has 2 heterocycles. The maximum atomic E-state index is 5.90. The van der Waals surface area contributed by atoms with Crippen LogP contribution in [0.25, 0.3) is 10.9 Å². The van der Waals surface area contributed by atoms with Crippen LogP contribution in [0.1, 0.15) is 23.5 Å². The largest absolute Gasteiger partial charge is 0.399 e. The smallest absolute Gasteiger partial charge is 0.0727 e. The molecule has 0 fully saturated rings. The van der Waals surface area contributed by atoms with Gasteiger partial charge in [-0.2, -0.15) is 0 Å². The Balaban J connectivity index is 2.04. The van der Waals surface area contributed by atoms with Gasteiger partial charge in [-0.15, -0.1) is 11.3 Å². The van der Waals surface area contributed by atoms with E-state index >= 15 is 0 Å². The molecule has 3 nitrogen and oxygen atoms in total. The number of fused-ring (bicyclic) bond motifs is 1. The van der Waals surface area contributed by atoms with Crippen LogP contribution < -0.4 is 11.1 Å². The van der Waals surface area contributed by atoms with Crippen molar-refractivity contribution in [2.75, 3.05) is 11.1 Å². The third kappa shape index (κ3) is 2.47. The quantitative estimate of drug-likeness (QED) is 0.702. The molecule has 0 spiro atoms. The summed E-state index contributed by atoms with van der Waals surface area (Å²) in [5.41, 5.74) is 9.72. The van der Waals surface area contributed by atoms with Crippen molar-refractivity contribution >= 4 is 33.6 Å². The molecule has 2 aromatic heterocycles. The van der Waals surface area contributed by atoms with Crippen molar-refractivity contribution in [3.8, 4) is 0 Å². The maximum Gasteiger partial charge on any atom is 0.0727 e. The van der Waals surface area contributed by atoms with E-state index in [9.17, 15) is 0 Å². The summed E-state index contributed by atoms with van der Waals surface area (Å²) in [6.45, 7) is 4.18. The number of nitrogen functional groups attached to an aromatic ring is 1. The Hall–Kier alpha value is -2.07. The summed E-state index contributed by atoms with van der Waals surface area (Å²) in [5.74, 6) is 0. The molecule has 3 aromatic rings. The molecule has 3 rings (SSSR count). The third-order valence-corrected chi connectivity index (χ3v) is 4.36. The topological polar surface area (TPSA) is 50.9 Å². The maximum absolute atomic E-state index is 5.90. The van der Waals surface area contributed by atoms with Crippen LogP contribution in [0.3, 0.4) is 0 Å². The van der Waals surface area contributed by atoms with Crippen molar-refractivity contribution in [3.05, 3.63) is 52.3 Å². The van der Waals surface area contributed by atoms with Crippen LogP contribution in [0.15, 0.2) is 41.8 Å². The molecule has 0 saturated heterocycles. The Morgan fingerprint density at radius 1 is 1.25 bits per heavy atom. The standard InChI is InChI=1S/C16H17N3S/c1-10-8-15(19-11(2)16-4-3-7-20-16)13-9-12(17)5-6-14(13)18-10/h3-9,11H,17H2,1-2H3,(H,18,19). The van der Waals surface area contributed by atoms with E-state index < -0.39 is 0 Å². The highest BCUT2D eigenvalue weighted by molar-refractivity contribution is 7.10. The normalized spacial score (nSPS) is 12.5. The molecule has 0 saturated carbocycles.